The summed E-state index contributed by atoms with van der Waals surface area (Å²) in [5.74, 6) is 0.321. The summed E-state index contributed by atoms with van der Waals surface area (Å²) in [5, 5.41) is 0. The molecule has 0 heterocycles. The standard InChI is InChI=1S/C5H6ClO2/c1-5(2-6)3-8-4-7/h1-3H2. The molecule has 8 heavy (non-hydrogen) atoms. The fraction of sp³-hybridized carbons (Fsp3) is 0.400. The van der Waals surface area contributed by atoms with Crippen molar-refractivity contribution in [3.05, 3.63) is 12.2 Å². The first-order valence-corrected chi connectivity index (χ1v) is 2.56. The van der Waals surface area contributed by atoms with Crippen LogP contribution in [0.3, 0.4) is 0 Å². The largest absolute Gasteiger partial charge is 0.453 e. The molecule has 2 nitrogen and oxygen atoms in total. The van der Waals surface area contributed by atoms with E-state index >= 15 is 0 Å². The number of ether oxygens (including phenoxy) is 1. The molecule has 0 saturated carbocycles. The van der Waals surface area contributed by atoms with Crippen molar-refractivity contribution in [1.29, 1.82) is 0 Å². The summed E-state index contributed by atoms with van der Waals surface area (Å²) < 4.78 is 4.20. The minimum atomic E-state index is 0.174. The van der Waals surface area contributed by atoms with E-state index in [0.717, 1.165) is 0 Å². The van der Waals surface area contributed by atoms with Crippen LogP contribution < -0.4 is 0 Å². The Morgan fingerprint density at radius 1 is 1.88 bits per heavy atom. The van der Waals surface area contributed by atoms with Crippen LogP contribution in [0.4, 0.5) is 0 Å². The van der Waals surface area contributed by atoms with Crippen molar-refractivity contribution in [2.24, 2.45) is 0 Å². The Labute approximate surface area is 53.1 Å². The number of hydrogen-bond donors (Lipinski definition) is 0. The normalized spacial score (nSPS) is 8.12. The molecule has 0 amide bonds. The van der Waals surface area contributed by atoms with Gasteiger partial charge >= 0.3 is 6.47 Å². The van der Waals surface area contributed by atoms with Crippen LogP contribution >= 0.6 is 11.6 Å². The van der Waals surface area contributed by atoms with Gasteiger partial charge in [-0.2, -0.15) is 0 Å². The van der Waals surface area contributed by atoms with E-state index in [1.54, 1.807) is 0 Å². The number of rotatable bonds is 4. The Kier molecular flexibility index (Phi) is 4.36. The quantitative estimate of drug-likeness (QED) is 0.420. The lowest BCUT2D eigenvalue weighted by Gasteiger charge is -1.94. The molecular formula is C5H6ClO2. The molecule has 0 aromatic heterocycles. The van der Waals surface area contributed by atoms with E-state index in [2.05, 4.69) is 11.3 Å². The van der Waals surface area contributed by atoms with Crippen LogP contribution in [0, 0.1) is 0 Å². The number of alkyl halides is 1. The van der Waals surface area contributed by atoms with Gasteiger partial charge < -0.3 is 4.74 Å². The van der Waals surface area contributed by atoms with Gasteiger partial charge in [-0.25, -0.2) is 4.79 Å². The molecule has 0 unspecified atom stereocenters. The molecule has 0 N–H and O–H groups in total. The second-order valence-corrected chi connectivity index (χ2v) is 1.52. The van der Waals surface area contributed by atoms with Crippen molar-refractivity contribution in [2.75, 3.05) is 12.5 Å². The molecule has 0 aliphatic heterocycles. The molecule has 0 aromatic rings. The first kappa shape index (κ1) is 7.50. The second-order valence-electron chi connectivity index (χ2n) is 1.26. The molecule has 45 valence electrons. The molecule has 0 saturated heterocycles. The SMILES string of the molecule is C=C(CCl)CO[C]=O. The predicted octanol–water partition coefficient (Wildman–Crippen LogP) is 0.865. The maximum Gasteiger partial charge on any atom is 0.417 e. The third-order valence-electron chi connectivity index (χ3n) is 0.524. The monoisotopic (exact) mass is 133 g/mol. The summed E-state index contributed by atoms with van der Waals surface area (Å²) in [5.41, 5.74) is 0.676. The Morgan fingerprint density at radius 3 is 2.88 bits per heavy atom. The van der Waals surface area contributed by atoms with Gasteiger partial charge in [-0.3, -0.25) is 0 Å². The summed E-state index contributed by atoms with van der Waals surface area (Å²) >= 11 is 5.28. The maximum atomic E-state index is 9.39. The van der Waals surface area contributed by atoms with Crippen LogP contribution in [0.1, 0.15) is 0 Å². The topological polar surface area (TPSA) is 26.3 Å². The number of carbonyl (C=O) groups excluding carboxylic acids is 1. The molecule has 0 rings (SSSR count). The van der Waals surface area contributed by atoms with Gasteiger partial charge in [0.2, 0.25) is 0 Å². The van der Waals surface area contributed by atoms with E-state index in [1.807, 2.05) is 0 Å². The molecule has 1 radical (unpaired) electrons. The highest BCUT2D eigenvalue weighted by Gasteiger charge is 1.88. The van der Waals surface area contributed by atoms with Crippen LogP contribution in [0.25, 0.3) is 0 Å². The first-order chi connectivity index (χ1) is 3.81. The lowest BCUT2D eigenvalue weighted by Crippen LogP contribution is -1.95. The molecule has 3 heteroatoms. The lowest BCUT2D eigenvalue weighted by molar-refractivity contribution is 0.306. The Bertz CT molecular complexity index is 90.4. The summed E-state index contributed by atoms with van der Waals surface area (Å²) in [6, 6.07) is 0. The van der Waals surface area contributed by atoms with Gasteiger partial charge in [0.25, 0.3) is 0 Å². The molecule has 0 fully saturated rings. The van der Waals surface area contributed by atoms with E-state index in [0.29, 0.717) is 11.5 Å². The average Bonchev–Trinajstić information content (AvgIpc) is 1.83. The van der Waals surface area contributed by atoms with Crippen LogP contribution in [-0.4, -0.2) is 19.0 Å². The van der Waals surface area contributed by atoms with Crippen LogP contribution in [0.5, 0.6) is 0 Å². The number of hydrogen-bond acceptors (Lipinski definition) is 2. The van der Waals surface area contributed by atoms with Crippen molar-refractivity contribution in [3.8, 4) is 0 Å². The summed E-state index contributed by atoms with van der Waals surface area (Å²) in [7, 11) is 0. The third-order valence-corrected chi connectivity index (χ3v) is 0.902. The zero-order valence-corrected chi connectivity index (χ0v) is 5.07. The van der Waals surface area contributed by atoms with E-state index in [-0.39, 0.29) is 6.61 Å². The van der Waals surface area contributed by atoms with E-state index in [9.17, 15) is 4.79 Å². The summed E-state index contributed by atoms with van der Waals surface area (Å²) in [6.07, 6.45) is 0. The fourth-order valence-corrected chi connectivity index (χ4v) is 0.247. The molecule has 0 spiro atoms. The van der Waals surface area contributed by atoms with Gasteiger partial charge in [0, 0.05) is 5.88 Å². The van der Waals surface area contributed by atoms with Crippen LogP contribution in [0.15, 0.2) is 12.2 Å². The van der Waals surface area contributed by atoms with Gasteiger partial charge in [-0.05, 0) is 5.57 Å². The Balaban J connectivity index is 3.11. The molecule has 0 atom stereocenters. The maximum absolute atomic E-state index is 9.39. The van der Waals surface area contributed by atoms with Crippen molar-refractivity contribution < 1.29 is 9.53 Å². The Morgan fingerprint density at radius 2 is 2.50 bits per heavy atom. The van der Waals surface area contributed by atoms with Crippen molar-refractivity contribution in [2.45, 2.75) is 0 Å². The highest BCUT2D eigenvalue weighted by atomic mass is 35.5. The number of halogens is 1. The minimum Gasteiger partial charge on any atom is -0.453 e. The van der Waals surface area contributed by atoms with Gasteiger partial charge in [0.1, 0.15) is 6.61 Å². The van der Waals surface area contributed by atoms with Gasteiger partial charge in [-0.1, -0.05) is 6.58 Å². The van der Waals surface area contributed by atoms with Crippen LogP contribution in [-0.2, 0) is 9.53 Å². The van der Waals surface area contributed by atoms with E-state index < -0.39 is 0 Å². The van der Waals surface area contributed by atoms with Crippen molar-refractivity contribution in [3.63, 3.8) is 0 Å². The molecule has 0 aliphatic carbocycles. The fourth-order valence-electron chi connectivity index (χ4n) is 0.170. The molecule has 0 bridgehead atoms. The van der Waals surface area contributed by atoms with Crippen LogP contribution in [0.2, 0.25) is 0 Å². The summed E-state index contributed by atoms with van der Waals surface area (Å²) in [6.45, 7) is 4.91. The lowest BCUT2D eigenvalue weighted by atomic mass is 10.4. The molecular weight excluding hydrogens is 128 g/mol. The second kappa shape index (κ2) is 4.65. The summed E-state index contributed by atoms with van der Waals surface area (Å²) in [4.78, 5) is 9.39. The minimum absolute atomic E-state index is 0.174. The zero-order valence-electron chi connectivity index (χ0n) is 4.32. The Hall–Kier alpha value is -0.500. The van der Waals surface area contributed by atoms with E-state index in [4.69, 9.17) is 11.6 Å². The zero-order chi connectivity index (χ0) is 6.41. The average molecular weight is 134 g/mol. The molecule has 0 aromatic carbocycles. The van der Waals surface area contributed by atoms with Gasteiger partial charge in [-0.15, -0.1) is 11.6 Å². The first-order valence-electron chi connectivity index (χ1n) is 2.02. The van der Waals surface area contributed by atoms with Gasteiger partial charge in [0.15, 0.2) is 0 Å². The van der Waals surface area contributed by atoms with E-state index in [1.165, 1.54) is 6.47 Å². The van der Waals surface area contributed by atoms with Gasteiger partial charge in [0.05, 0.1) is 0 Å². The van der Waals surface area contributed by atoms with Crippen molar-refractivity contribution in [1.82, 2.24) is 0 Å². The van der Waals surface area contributed by atoms with Crippen molar-refractivity contribution >= 4 is 18.1 Å². The molecule has 0 aliphatic rings. The highest BCUT2D eigenvalue weighted by Crippen LogP contribution is 1.91. The predicted molar refractivity (Wildman–Crippen MR) is 31.5 cm³/mol. The smallest absolute Gasteiger partial charge is 0.417 e. The third kappa shape index (κ3) is 3.68. The highest BCUT2D eigenvalue weighted by molar-refractivity contribution is 6.19.